The molecule has 9 nitrogen and oxygen atoms in total. The van der Waals surface area contributed by atoms with Gasteiger partial charge in [0, 0.05) is 76.2 Å². The topological polar surface area (TPSA) is 90.3 Å². The number of ether oxygens (including phenoxy) is 1. The highest BCUT2D eigenvalue weighted by atomic mass is 35.5. The number of aliphatic hydroxyl groups excluding tert-OH is 1. The molecule has 0 spiro atoms. The third kappa shape index (κ3) is 4.90. The van der Waals surface area contributed by atoms with Crippen LogP contribution in [0.25, 0.3) is 33.1 Å². The van der Waals surface area contributed by atoms with Gasteiger partial charge in [0.2, 0.25) is 5.95 Å². The summed E-state index contributed by atoms with van der Waals surface area (Å²) in [7, 11) is 2.38. The summed E-state index contributed by atoms with van der Waals surface area (Å²) in [6.07, 6.45) is 4.66. The minimum absolute atomic E-state index is 0.0977. The summed E-state index contributed by atoms with van der Waals surface area (Å²) >= 11 is 6.90. The van der Waals surface area contributed by atoms with Gasteiger partial charge < -0.3 is 19.3 Å². The van der Waals surface area contributed by atoms with Gasteiger partial charge in [-0.15, -0.1) is 0 Å². The molecule has 5 rings (SSSR count). The number of rotatable bonds is 8. The Morgan fingerprint density at radius 2 is 1.95 bits per heavy atom. The fourth-order valence-corrected chi connectivity index (χ4v) is 6.21. The third-order valence-corrected chi connectivity index (χ3v) is 9.66. The molecule has 4 aromatic rings. The Labute approximate surface area is 228 Å². The molecule has 38 heavy (non-hydrogen) atoms. The Morgan fingerprint density at radius 3 is 2.63 bits per heavy atom. The molecule has 0 bridgehead atoms. The van der Waals surface area contributed by atoms with Crippen LogP contribution in [0.3, 0.4) is 0 Å². The third-order valence-electron chi connectivity index (χ3n) is 7.55. The van der Waals surface area contributed by atoms with Gasteiger partial charge in [-0.1, -0.05) is 44.2 Å². The van der Waals surface area contributed by atoms with Crippen molar-refractivity contribution in [1.82, 2.24) is 23.9 Å². The zero-order chi connectivity index (χ0) is 27.4. The first-order valence-corrected chi connectivity index (χ1v) is 17.1. The van der Waals surface area contributed by atoms with Gasteiger partial charge in [0.05, 0.1) is 22.5 Å². The Bertz CT molecular complexity index is 1570. The highest BCUT2D eigenvalue weighted by Gasteiger charge is 2.35. The molecule has 0 amide bonds. The monoisotopic (exact) mass is 556 g/mol. The first-order valence-electron chi connectivity index (χ1n) is 13.1. The molecule has 1 unspecified atom stereocenters. The number of aliphatic hydroxyl groups is 1. The van der Waals surface area contributed by atoms with Crippen molar-refractivity contribution in [3.8, 4) is 11.1 Å². The number of aryl methyl sites for hydroxylation is 1. The van der Waals surface area contributed by atoms with Gasteiger partial charge in [0.15, 0.2) is 5.65 Å². The molecule has 1 fully saturated rings. The molecule has 1 aliphatic rings. The number of hydrogen-bond acceptors (Lipinski definition) is 6. The van der Waals surface area contributed by atoms with Crippen LogP contribution in [0.5, 0.6) is 0 Å². The fraction of sp³-hybridized carbons (Fsp3) is 0.519. The highest BCUT2D eigenvalue weighted by Crippen LogP contribution is 2.38. The van der Waals surface area contributed by atoms with Crippen molar-refractivity contribution in [3.05, 3.63) is 39.9 Å². The molecule has 4 heterocycles. The maximum atomic E-state index is 13.9. The van der Waals surface area contributed by atoms with Gasteiger partial charge in [-0.25, -0.2) is 0 Å². The maximum Gasteiger partial charge on any atom is 0.264 e. The Morgan fingerprint density at radius 1 is 1.18 bits per heavy atom. The molecular weight excluding hydrogens is 520 g/mol. The lowest BCUT2D eigenvalue weighted by molar-refractivity contribution is 0.0899. The van der Waals surface area contributed by atoms with E-state index in [0.29, 0.717) is 41.9 Å². The van der Waals surface area contributed by atoms with Gasteiger partial charge >= 0.3 is 0 Å². The summed E-state index contributed by atoms with van der Waals surface area (Å²) < 4.78 is 11.4. The second-order valence-corrected chi connectivity index (χ2v) is 18.1. The molecular formula is C27H37ClN6O3Si. The van der Waals surface area contributed by atoms with E-state index in [4.69, 9.17) is 21.3 Å². The molecule has 0 saturated carbocycles. The zero-order valence-corrected chi connectivity index (χ0v) is 24.8. The van der Waals surface area contributed by atoms with Crippen LogP contribution in [-0.2, 0) is 25.6 Å². The lowest BCUT2D eigenvalue weighted by atomic mass is 9.91. The minimum Gasteiger partial charge on any atom is -0.396 e. The van der Waals surface area contributed by atoms with Gasteiger partial charge in [0.25, 0.3) is 5.56 Å². The quantitative estimate of drug-likeness (QED) is 0.254. The van der Waals surface area contributed by atoms with Crippen molar-refractivity contribution in [2.75, 3.05) is 31.2 Å². The number of aromatic nitrogens is 5. The van der Waals surface area contributed by atoms with Crippen LogP contribution >= 0.6 is 11.6 Å². The van der Waals surface area contributed by atoms with E-state index in [-0.39, 0.29) is 17.6 Å². The van der Waals surface area contributed by atoms with Crippen molar-refractivity contribution in [3.63, 3.8) is 0 Å². The summed E-state index contributed by atoms with van der Waals surface area (Å²) in [5, 5.41) is 16.3. The SMILES string of the molecule is Cn1cc2c(Cl)c(-c3cn(COCC[Si](C)(C)C)c4nc(N5CCC(C)(CO)C5)n(C)c(=O)c34)ccc2n1. The summed E-state index contributed by atoms with van der Waals surface area (Å²) in [5.74, 6) is 0.599. The molecule has 1 aliphatic heterocycles. The normalized spacial score (nSPS) is 18.4. The van der Waals surface area contributed by atoms with Crippen molar-refractivity contribution < 1.29 is 9.84 Å². The fourth-order valence-electron chi connectivity index (χ4n) is 5.14. The van der Waals surface area contributed by atoms with Crippen LogP contribution in [-0.4, -0.2) is 63.4 Å². The largest absolute Gasteiger partial charge is 0.396 e. The van der Waals surface area contributed by atoms with E-state index in [9.17, 15) is 9.90 Å². The van der Waals surface area contributed by atoms with E-state index in [0.717, 1.165) is 41.0 Å². The van der Waals surface area contributed by atoms with Gasteiger partial charge in [-0.05, 0) is 18.5 Å². The predicted molar refractivity (Wildman–Crippen MR) is 156 cm³/mol. The summed E-state index contributed by atoms with van der Waals surface area (Å²) in [6.45, 7) is 11.4. The molecule has 11 heteroatoms. The molecule has 1 N–H and O–H groups in total. The van der Waals surface area contributed by atoms with Crippen LogP contribution in [0.2, 0.25) is 30.7 Å². The second kappa shape index (κ2) is 9.82. The standard InChI is InChI=1S/C27H37ClN6O3Si/c1-27(16-35)9-10-33(15-27)26-29-24-22(25(36)32(26)3)19(14-34(24)17-37-11-12-38(4,5)6)18-7-8-21-20(23(18)28)13-31(2)30-21/h7-8,13-14,35H,9-12,15-17H2,1-6H3. The van der Waals surface area contributed by atoms with Gasteiger partial charge in [-0.2, -0.15) is 10.1 Å². The van der Waals surface area contributed by atoms with E-state index in [1.807, 2.05) is 36.1 Å². The summed E-state index contributed by atoms with van der Waals surface area (Å²) in [5.41, 5.74) is 2.51. The molecule has 0 aliphatic carbocycles. The molecule has 1 saturated heterocycles. The van der Waals surface area contributed by atoms with E-state index >= 15 is 0 Å². The lowest BCUT2D eigenvalue weighted by Crippen LogP contribution is -2.33. The molecule has 204 valence electrons. The minimum atomic E-state index is -1.24. The Hall–Kier alpha value is -2.66. The zero-order valence-electron chi connectivity index (χ0n) is 23.1. The van der Waals surface area contributed by atoms with Crippen molar-refractivity contribution in [2.24, 2.45) is 19.5 Å². The summed E-state index contributed by atoms with van der Waals surface area (Å²) in [6, 6.07) is 4.90. The Kier molecular flexibility index (Phi) is 6.96. The van der Waals surface area contributed by atoms with E-state index < -0.39 is 8.07 Å². The number of halogens is 1. The maximum absolute atomic E-state index is 13.9. The van der Waals surface area contributed by atoms with Crippen molar-refractivity contribution in [2.45, 2.75) is 45.8 Å². The van der Waals surface area contributed by atoms with Crippen molar-refractivity contribution in [1.29, 1.82) is 0 Å². The van der Waals surface area contributed by atoms with Crippen LogP contribution < -0.4 is 10.5 Å². The van der Waals surface area contributed by atoms with Crippen LogP contribution in [0.4, 0.5) is 5.95 Å². The predicted octanol–water partition coefficient (Wildman–Crippen LogP) is 4.46. The lowest BCUT2D eigenvalue weighted by Gasteiger charge is -2.24. The second-order valence-electron chi connectivity index (χ2n) is 12.1. The smallest absolute Gasteiger partial charge is 0.264 e. The van der Waals surface area contributed by atoms with Crippen molar-refractivity contribution >= 4 is 47.6 Å². The number of anilines is 1. The van der Waals surface area contributed by atoms with E-state index in [2.05, 4.69) is 36.6 Å². The van der Waals surface area contributed by atoms with Gasteiger partial charge in [0.1, 0.15) is 6.73 Å². The van der Waals surface area contributed by atoms with E-state index in [1.165, 1.54) is 0 Å². The van der Waals surface area contributed by atoms with Crippen LogP contribution in [0.15, 0.2) is 29.3 Å². The molecule has 0 radical (unpaired) electrons. The number of fused-ring (bicyclic) bond motifs is 2. The number of benzene rings is 1. The van der Waals surface area contributed by atoms with E-state index in [1.54, 1.807) is 16.3 Å². The average molecular weight is 557 g/mol. The number of nitrogens with zero attached hydrogens (tertiary/aromatic N) is 6. The van der Waals surface area contributed by atoms with Crippen LogP contribution in [0, 0.1) is 5.41 Å². The number of hydrogen-bond donors (Lipinski definition) is 1. The summed E-state index contributed by atoms with van der Waals surface area (Å²) in [4.78, 5) is 21.0. The molecule has 3 aromatic heterocycles. The Balaban J connectivity index is 1.64. The molecule has 1 atom stereocenters. The van der Waals surface area contributed by atoms with Gasteiger partial charge in [-0.3, -0.25) is 14.0 Å². The highest BCUT2D eigenvalue weighted by molar-refractivity contribution is 6.76. The average Bonchev–Trinajstić information content (AvgIpc) is 3.54. The molecule has 1 aromatic carbocycles. The first-order chi connectivity index (χ1) is 17.9. The van der Waals surface area contributed by atoms with Crippen LogP contribution in [0.1, 0.15) is 13.3 Å². The first kappa shape index (κ1) is 26.9.